The molecule has 0 saturated carbocycles. The van der Waals surface area contributed by atoms with Crippen molar-refractivity contribution in [2.24, 2.45) is 0 Å². The third-order valence-electron chi connectivity index (χ3n) is 3.77. The smallest absolute Gasteiger partial charge is 0.273 e. The molecule has 0 aliphatic rings. The number of hydrogen-bond acceptors (Lipinski definition) is 6. The van der Waals surface area contributed by atoms with E-state index in [9.17, 15) is 9.59 Å². The molecule has 2 amide bonds. The molecule has 3 rings (SSSR count). The number of rotatable bonds is 6. The second-order valence-electron chi connectivity index (χ2n) is 5.74. The highest BCUT2D eigenvalue weighted by atomic mass is 35.5. The molecule has 7 nitrogen and oxygen atoms in total. The van der Waals surface area contributed by atoms with Crippen LogP contribution in [0.4, 0.5) is 5.69 Å². The van der Waals surface area contributed by atoms with Crippen molar-refractivity contribution < 1.29 is 14.0 Å². The summed E-state index contributed by atoms with van der Waals surface area (Å²) in [4.78, 5) is 24.8. The van der Waals surface area contributed by atoms with Gasteiger partial charge < -0.3 is 20.8 Å². The van der Waals surface area contributed by atoms with Crippen molar-refractivity contribution in [3.8, 4) is 0 Å². The Bertz CT molecular complexity index is 983. The van der Waals surface area contributed by atoms with E-state index in [1.165, 1.54) is 0 Å². The minimum Gasteiger partial charge on any atom is -0.465 e. The first kappa shape index (κ1) is 18.9. The largest absolute Gasteiger partial charge is 0.465 e. The molecule has 0 aliphatic heterocycles. The number of carbonyl (C=O) groups is 2. The van der Waals surface area contributed by atoms with Crippen LogP contribution in [0.15, 0.2) is 40.8 Å². The fraction of sp³-hybridized carbons (Fsp3) is 0.167. The van der Waals surface area contributed by atoms with E-state index in [1.807, 2.05) is 25.1 Å². The molecule has 140 valence electrons. The van der Waals surface area contributed by atoms with Crippen molar-refractivity contribution in [3.05, 3.63) is 69.1 Å². The third-order valence-corrected chi connectivity index (χ3v) is 5.00. The number of furan rings is 1. The van der Waals surface area contributed by atoms with Gasteiger partial charge in [0.25, 0.3) is 11.8 Å². The number of halogens is 1. The lowest BCUT2D eigenvalue weighted by Crippen LogP contribution is -2.25. The van der Waals surface area contributed by atoms with E-state index in [4.69, 9.17) is 21.8 Å². The Morgan fingerprint density at radius 3 is 2.59 bits per heavy atom. The molecule has 3 aromatic rings. The van der Waals surface area contributed by atoms with E-state index in [-0.39, 0.29) is 29.3 Å². The SMILES string of the molecule is Cc1ccc(CNC(=O)c2snc(C(=O)NCc3ccccc3Cl)c2N)o1. The number of anilines is 1. The van der Waals surface area contributed by atoms with Gasteiger partial charge in [-0.15, -0.1) is 0 Å². The minimum absolute atomic E-state index is 0.0195. The van der Waals surface area contributed by atoms with E-state index in [1.54, 1.807) is 18.2 Å². The van der Waals surface area contributed by atoms with Crippen molar-refractivity contribution in [3.63, 3.8) is 0 Å². The standard InChI is InChI=1S/C18H17ClN4O3S/c1-10-6-7-12(26-10)9-22-18(25)16-14(20)15(23-27-16)17(24)21-8-11-4-2-3-5-13(11)19/h2-7H,8-9,20H2,1H3,(H,21,24)(H,22,25). The molecule has 0 aliphatic carbocycles. The lowest BCUT2D eigenvalue weighted by molar-refractivity contribution is 0.0946. The van der Waals surface area contributed by atoms with Crippen molar-refractivity contribution in [2.75, 3.05) is 5.73 Å². The van der Waals surface area contributed by atoms with Gasteiger partial charge in [0.2, 0.25) is 0 Å². The van der Waals surface area contributed by atoms with Crippen LogP contribution < -0.4 is 16.4 Å². The zero-order valence-electron chi connectivity index (χ0n) is 14.4. The summed E-state index contributed by atoms with van der Waals surface area (Å²) in [6.07, 6.45) is 0. The van der Waals surface area contributed by atoms with Gasteiger partial charge in [-0.05, 0) is 42.2 Å². The summed E-state index contributed by atoms with van der Waals surface area (Å²) in [5, 5.41) is 5.95. The average Bonchev–Trinajstić information content (AvgIpc) is 3.24. The summed E-state index contributed by atoms with van der Waals surface area (Å²) >= 11 is 6.94. The zero-order chi connectivity index (χ0) is 19.4. The van der Waals surface area contributed by atoms with Gasteiger partial charge >= 0.3 is 0 Å². The normalized spacial score (nSPS) is 10.6. The average molecular weight is 405 g/mol. The summed E-state index contributed by atoms with van der Waals surface area (Å²) in [5.41, 5.74) is 6.79. The van der Waals surface area contributed by atoms with Crippen LogP contribution in [0.2, 0.25) is 5.02 Å². The molecule has 0 atom stereocenters. The molecular formula is C18H17ClN4O3S. The Kier molecular flexibility index (Phi) is 5.78. The highest BCUT2D eigenvalue weighted by molar-refractivity contribution is 7.09. The molecule has 27 heavy (non-hydrogen) atoms. The van der Waals surface area contributed by atoms with Gasteiger partial charge in [0.15, 0.2) is 5.69 Å². The van der Waals surface area contributed by atoms with Crippen LogP contribution in [0.5, 0.6) is 0 Å². The van der Waals surface area contributed by atoms with E-state index >= 15 is 0 Å². The second-order valence-corrected chi connectivity index (χ2v) is 6.92. The molecule has 0 radical (unpaired) electrons. The number of carbonyl (C=O) groups excluding carboxylic acids is 2. The quantitative estimate of drug-likeness (QED) is 0.584. The molecule has 9 heteroatoms. The van der Waals surface area contributed by atoms with Crippen LogP contribution in [0.3, 0.4) is 0 Å². The fourth-order valence-corrected chi connectivity index (χ4v) is 3.27. The molecule has 2 heterocycles. The van der Waals surface area contributed by atoms with Crippen molar-refractivity contribution in [2.45, 2.75) is 20.0 Å². The minimum atomic E-state index is -0.468. The highest BCUT2D eigenvalue weighted by Gasteiger charge is 2.22. The summed E-state index contributed by atoms with van der Waals surface area (Å²) in [5.74, 6) is 0.504. The van der Waals surface area contributed by atoms with Crippen LogP contribution in [0, 0.1) is 6.92 Å². The molecule has 0 fully saturated rings. The van der Waals surface area contributed by atoms with Gasteiger partial charge in [-0.3, -0.25) is 9.59 Å². The Morgan fingerprint density at radius 2 is 1.89 bits per heavy atom. The van der Waals surface area contributed by atoms with E-state index in [0.29, 0.717) is 10.8 Å². The molecule has 4 N–H and O–H groups in total. The zero-order valence-corrected chi connectivity index (χ0v) is 16.0. The first-order valence-electron chi connectivity index (χ1n) is 8.06. The molecule has 1 aromatic carbocycles. The molecule has 0 spiro atoms. The summed E-state index contributed by atoms with van der Waals surface area (Å²) in [6, 6.07) is 10.8. The first-order chi connectivity index (χ1) is 13.0. The van der Waals surface area contributed by atoms with Crippen LogP contribution in [0.1, 0.15) is 37.2 Å². The Morgan fingerprint density at radius 1 is 1.15 bits per heavy atom. The van der Waals surface area contributed by atoms with E-state index in [0.717, 1.165) is 22.9 Å². The van der Waals surface area contributed by atoms with Crippen molar-refractivity contribution in [1.82, 2.24) is 15.0 Å². The molecule has 0 unspecified atom stereocenters. The maximum absolute atomic E-state index is 12.3. The predicted octanol–water partition coefficient (Wildman–Crippen LogP) is 3.14. The number of nitrogens with zero attached hydrogens (tertiary/aromatic N) is 1. The lowest BCUT2D eigenvalue weighted by atomic mass is 10.2. The summed E-state index contributed by atoms with van der Waals surface area (Å²) in [6.45, 7) is 2.27. The van der Waals surface area contributed by atoms with Gasteiger partial charge in [0.1, 0.15) is 16.4 Å². The van der Waals surface area contributed by atoms with E-state index < -0.39 is 11.8 Å². The van der Waals surface area contributed by atoms with Crippen LogP contribution in [0.25, 0.3) is 0 Å². The monoisotopic (exact) mass is 404 g/mol. The second kappa shape index (κ2) is 8.24. The molecule has 2 aromatic heterocycles. The van der Waals surface area contributed by atoms with E-state index in [2.05, 4.69) is 15.0 Å². The van der Waals surface area contributed by atoms with Gasteiger partial charge in [0.05, 0.1) is 12.2 Å². The number of amides is 2. The number of nitrogens with one attached hydrogen (secondary N) is 2. The van der Waals surface area contributed by atoms with Gasteiger partial charge in [-0.1, -0.05) is 29.8 Å². The molecule has 0 saturated heterocycles. The highest BCUT2D eigenvalue weighted by Crippen LogP contribution is 2.22. The fourth-order valence-electron chi connectivity index (χ4n) is 2.35. The Labute approximate surface area is 164 Å². The number of nitrogens with two attached hydrogens (primary N) is 1. The van der Waals surface area contributed by atoms with Crippen molar-refractivity contribution in [1.29, 1.82) is 0 Å². The van der Waals surface area contributed by atoms with Gasteiger partial charge in [-0.2, -0.15) is 4.37 Å². The van der Waals surface area contributed by atoms with Crippen molar-refractivity contribution >= 4 is 40.6 Å². The number of benzene rings is 1. The maximum atomic E-state index is 12.3. The van der Waals surface area contributed by atoms with Crippen LogP contribution in [-0.4, -0.2) is 16.2 Å². The first-order valence-corrected chi connectivity index (χ1v) is 9.21. The maximum Gasteiger partial charge on any atom is 0.273 e. The summed E-state index contributed by atoms with van der Waals surface area (Å²) < 4.78 is 9.41. The predicted molar refractivity (Wildman–Crippen MR) is 104 cm³/mol. The van der Waals surface area contributed by atoms with Gasteiger partial charge in [-0.25, -0.2) is 0 Å². The van der Waals surface area contributed by atoms with Crippen LogP contribution >= 0.6 is 23.1 Å². The Balaban J connectivity index is 1.62. The topological polar surface area (TPSA) is 110 Å². The van der Waals surface area contributed by atoms with Gasteiger partial charge in [0, 0.05) is 11.6 Å². The molecule has 0 bridgehead atoms. The number of nitrogen functional groups attached to an aromatic ring is 1. The summed E-state index contributed by atoms with van der Waals surface area (Å²) in [7, 11) is 0. The number of aryl methyl sites for hydroxylation is 1. The Hall–Kier alpha value is -2.84. The number of hydrogen-bond donors (Lipinski definition) is 3. The lowest BCUT2D eigenvalue weighted by Gasteiger charge is -2.06. The third kappa shape index (κ3) is 4.47. The number of aromatic nitrogens is 1. The van der Waals surface area contributed by atoms with Crippen LogP contribution in [-0.2, 0) is 13.1 Å². The molecular weight excluding hydrogens is 388 g/mol.